The number of ether oxygens (including phenoxy) is 1. The van der Waals surface area contributed by atoms with Gasteiger partial charge in [0, 0.05) is 24.0 Å². The molecule has 1 aromatic heterocycles. The van der Waals surface area contributed by atoms with Gasteiger partial charge in [0.15, 0.2) is 5.69 Å². The second kappa shape index (κ2) is 8.23. The molecule has 0 bridgehead atoms. The van der Waals surface area contributed by atoms with Crippen LogP contribution in [0, 0.1) is 0 Å². The maximum atomic E-state index is 12.2. The summed E-state index contributed by atoms with van der Waals surface area (Å²) in [5.41, 5.74) is 1.93. The normalized spacial score (nSPS) is 10.4. The summed E-state index contributed by atoms with van der Waals surface area (Å²) in [5, 5.41) is 2.76. The summed E-state index contributed by atoms with van der Waals surface area (Å²) < 4.78 is 4.54. The van der Waals surface area contributed by atoms with Crippen molar-refractivity contribution in [1.82, 2.24) is 9.97 Å². The Labute approximate surface area is 147 Å². The molecule has 132 valence electrons. The third-order valence-corrected chi connectivity index (χ3v) is 3.70. The number of methoxy groups -OCH3 is 1. The highest BCUT2D eigenvalue weighted by atomic mass is 16.5. The predicted molar refractivity (Wildman–Crippen MR) is 95.9 cm³/mol. The third kappa shape index (κ3) is 4.53. The Morgan fingerprint density at radius 2 is 1.72 bits per heavy atom. The molecule has 0 saturated carbocycles. The lowest BCUT2D eigenvalue weighted by Crippen LogP contribution is -2.30. The molecule has 0 unspecified atom stereocenters. The maximum absolute atomic E-state index is 12.2. The highest BCUT2D eigenvalue weighted by Crippen LogP contribution is 2.20. The molecule has 2 rings (SSSR count). The average Bonchev–Trinajstić information content (AvgIpc) is 2.63. The number of amides is 1. The SMILES string of the molecule is CCN(c1ccc(NC(=O)c2cnc(C(=O)OC)cn2)cc1)C(C)C. The van der Waals surface area contributed by atoms with Crippen LogP contribution in [0.4, 0.5) is 11.4 Å². The Morgan fingerprint density at radius 3 is 2.20 bits per heavy atom. The van der Waals surface area contributed by atoms with E-state index in [2.05, 4.69) is 45.7 Å². The number of benzene rings is 1. The Bertz CT molecular complexity index is 727. The van der Waals surface area contributed by atoms with Crippen LogP contribution in [0.2, 0.25) is 0 Å². The van der Waals surface area contributed by atoms with E-state index >= 15 is 0 Å². The van der Waals surface area contributed by atoms with Gasteiger partial charge in [-0.05, 0) is 45.0 Å². The van der Waals surface area contributed by atoms with Crippen molar-refractivity contribution in [2.75, 3.05) is 23.9 Å². The van der Waals surface area contributed by atoms with Crippen LogP contribution in [-0.4, -0.2) is 41.5 Å². The lowest BCUT2D eigenvalue weighted by Gasteiger charge is -2.27. The summed E-state index contributed by atoms with van der Waals surface area (Å²) >= 11 is 0. The van der Waals surface area contributed by atoms with Gasteiger partial charge in [-0.25, -0.2) is 14.8 Å². The van der Waals surface area contributed by atoms with Crippen molar-refractivity contribution in [2.24, 2.45) is 0 Å². The Morgan fingerprint density at radius 1 is 1.12 bits per heavy atom. The van der Waals surface area contributed by atoms with E-state index in [4.69, 9.17) is 0 Å². The molecule has 0 spiro atoms. The Balaban J connectivity index is 2.06. The quantitative estimate of drug-likeness (QED) is 0.813. The fourth-order valence-corrected chi connectivity index (χ4v) is 2.43. The molecule has 0 atom stereocenters. The van der Waals surface area contributed by atoms with Gasteiger partial charge in [0.05, 0.1) is 19.5 Å². The van der Waals surface area contributed by atoms with Gasteiger partial charge in [-0.15, -0.1) is 0 Å². The second-order valence-corrected chi connectivity index (χ2v) is 5.66. The summed E-state index contributed by atoms with van der Waals surface area (Å²) in [6.07, 6.45) is 2.46. The highest BCUT2D eigenvalue weighted by Gasteiger charge is 2.13. The number of carbonyl (C=O) groups is 2. The van der Waals surface area contributed by atoms with Crippen LogP contribution >= 0.6 is 0 Å². The molecule has 0 aliphatic heterocycles. The lowest BCUT2D eigenvalue weighted by molar-refractivity contribution is 0.0593. The molecule has 2 aromatic rings. The van der Waals surface area contributed by atoms with E-state index in [9.17, 15) is 9.59 Å². The first-order valence-electron chi connectivity index (χ1n) is 8.04. The zero-order valence-corrected chi connectivity index (χ0v) is 14.8. The summed E-state index contributed by atoms with van der Waals surface area (Å²) in [6, 6.07) is 8.01. The van der Waals surface area contributed by atoms with Crippen LogP contribution in [0.25, 0.3) is 0 Å². The van der Waals surface area contributed by atoms with Gasteiger partial charge in [0.1, 0.15) is 5.69 Å². The largest absolute Gasteiger partial charge is 0.464 e. The van der Waals surface area contributed by atoms with Crippen molar-refractivity contribution < 1.29 is 14.3 Å². The third-order valence-electron chi connectivity index (χ3n) is 3.70. The number of nitrogens with one attached hydrogen (secondary N) is 1. The first-order valence-corrected chi connectivity index (χ1v) is 8.04. The Kier molecular flexibility index (Phi) is 6.05. The fourth-order valence-electron chi connectivity index (χ4n) is 2.43. The summed E-state index contributed by atoms with van der Waals surface area (Å²) in [4.78, 5) is 33.6. The van der Waals surface area contributed by atoms with Gasteiger partial charge in [-0.3, -0.25) is 4.79 Å². The summed E-state index contributed by atoms with van der Waals surface area (Å²) in [7, 11) is 1.26. The first-order chi connectivity index (χ1) is 12.0. The number of anilines is 2. The van der Waals surface area contributed by atoms with E-state index in [0.717, 1.165) is 12.2 Å². The molecule has 1 N–H and O–H groups in total. The molecule has 1 aromatic carbocycles. The predicted octanol–water partition coefficient (Wildman–Crippen LogP) is 2.75. The average molecular weight is 342 g/mol. The number of esters is 1. The van der Waals surface area contributed by atoms with E-state index < -0.39 is 11.9 Å². The van der Waals surface area contributed by atoms with Gasteiger partial charge in [-0.1, -0.05) is 0 Å². The van der Waals surface area contributed by atoms with Crippen molar-refractivity contribution in [3.05, 3.63) is 48.0 Å². The van der Waals surface area contributed by atoms with Crippen molar-refractivity contribution >= 4 is 23.3 Å². The molecule has 25 heavy (non-hydrogen) atoms. The summed E-state index contributed by atoms with van der Waals surface area (Å²) in [6.45, 7) is 7.28. The van der Waals surface area contributed by atoms with Crippen LogP contribution in [0.15, 0.2) is 36.7 Å². The van der Waals surface area contributed by atoms with E-state index in [1.807, 2.05) is 24.3 Å². The molecule has 0 fully saturated rings. The van der Waals surface area contributed by atoms with Crippen molar-refractivity contribution in [1.29, 1.82) is 0 Å². The minimum Gasteiger partial charge on any atom is -0.464 e. The van der Waals surface area contributed by atoms with E-state index in [1.165, 1.54) is 19.5 Å². The van der Waals surface area contributed by atoms with Crippen LogP contribution in [0.1, 0.15) is 41.7 Å². The first kappa shape index (κ1) is 18.4. The molecule has 7 heteroatoms. The highest BCUT2D eigenvalue weighted by molar-refractivity contribution is 6.02. The number of nitrogens with zero attached hydrogens (tertiary/aromatic N) is 3. The minimum atomic E-state index is -0.597. The van der Waals surface area contributed by atoms with Crippen molar-refractivity contribution in [3.8, 4) is 0 Å². The number of rotatable bonds is 6. The fraction of sp³-hybridized carbons (Fsp3) is 0.333. The molecule has 7 nitrogen and oxygen atoms in total. The summed E-state index contributed by atoms with van der Waals surface area (Å²) in [5.74, 6) is -0.992. The van der Waals surface area contributed by atoms with Crippen LogP contribution in [0.5, 0.6) is 0 Å². The number of hydrogen-bond acceptors (Lipinski definition) is 6. The topological polar surface area (TPSA) is 84.4 Å². The van der Waals surface area contributed by atoms with Gasteiger partial charge in [0.2, 0.25) is 0 Å². The van der Waals surface area contributed by atoms with Crippen molar-refractivity contribution in [2.45, 2.75) is 26.8 Å². The molecule has 0 radical (unpaired) electrons. The second-order valence-electron chi connectivity index (χ2n) is 5.66. The van der Waals surface area contributed by atoms with E-state index in [1.54, 1.807) is 0 Å². The minimum absolute atomic E-state index is 0.0525. The van der Waals surface area contributed by atoms with Crippen LogP contribution in [-0.2, 0) is 4.74 Å². The molecular weight excluding hydrogens is 320 g/mol. The Hall–Kier alpha value is -2.96. The lowest BCUT2D eigenvalue weighted by atomic mass is 10.2. The molecule has 0 aliphatic carbocycles. The molecule has 1 amide bonds. The van der Waals surface area contributed by atoms with Gasteiger partial charge in [-0.2, -0.15) is 0 Å². The number of hydrogen-bond donors (Lipinski definition) is 1. The van der Waals surface area contributed by atoms with Crippen molar-refractivity contribution in [3.63, 3.8) is 0 Å². The van der Waals surface area contributed by atoms with Crippen LogP contribution in [0.3, 0.4) is 0 Å². The number of aromatic nitrogens is 2. The number of carbonyl (C=O) groups excluding carboxylic acids is 2. The molecular formula is C18H22N4O3. The van der Waals surface area contributed by atoms with E-state index in [0.29, 0.717) is 11.7 Å². The smallest absolute Gasteiger partial charge is 0.358 e. The standard InChI is InChI=1S/C18H22N4O3/c1-5-22(12(2)3)14-8-6-13(7-9-14)21-17(23)15-10-20-16(11-19-15)18(24)25-4/h6-12H,5H2,1-4H3,(H,21,23). The van der Waals surface area contributed by atoms with Gasteiger partial charge >= 0.3 is 5.97 Å². The molecule has 1 heterocycles. The molecule has 0 aliphatic rings. The zero-order valence-electron chi connectivity index (χ0n) is 14.8. The van der Waals surface area contributed by atoms with Gasteiger partial charge in [0.25, 0.3) is 5.91 Å². The van der Waals surface area contributed by atoms with Crippen LogP contribution < -0.4 is 10.2 Å². The molecule has 0 saturated heterocycles. The monoisotopic (exact) mass is 342 g/mol. The van der Waals surface area contributed by atoms with E-state index in [-0.39, 0.29) is 11.4 Å². The zero-order chi connectivity index (χ0) is 18.4. The van der Waals surface area contributed by atoms with Gasteiger partial charge < -0.3 is 15.0 Å². The maximum Gasteiger partial charge on any atom is 0.358 e.